The largest absolute Gasteiger partial charge is 0.461 e. The Morgan fingerprint density at radius 3 is 3.04 bits per heavy atom. The van der Waals surface area contributed by atoms with Crippen molar-refractivity contribution in [1.82, 2.24) is 4.98 Å². The summed E-state index contributed by atoms with van der Waals surface area (Å²) < 4.78 is 17.6. The van der Waals surface area contributed by atoms with E-state index in [2.05, 4.69) is 4.98 Å². The lowest BCUT2D eigenvalue weighted by Gasteiger charge is -2.29. The Balaban J connectivity index is 1.48. The minimum absolute atomic E-state index is 0.0160. The SMILES string of the molecule is CCOC(=O)c1csc(SCC[C@@H]2[C@@H](CO)[C@H](OC3CCCCO3)C[C@H]2Cl)n1. The number of rotatable bonds is 9. The number of carbonyl (C=O) groups is 1. The van der Waals surface area contributed by atoms with Gasteiger partial charge in [0.2, 0.25) is 0 Å². The normalized spacial score (nSPS) is 30.5. The molecule has 6 nitrogen and oxygen atoms in total. The molecule has 1 aliphatic heterocycles. The summed E-state index contributed by atoms with van der Waals surface area (Å²) in [5.74, 6) is 0.664. The Kier molecular flexibility index (Phi) is 8.87. The highest BCUT2D eigenvalue weighted by Crippen LogP contribution is 2.41. The standard InChI is InChI=1S/C19H28ClNO5S2/c1-2-24-18(23)15-11-28-19(21-15)27-8-6-12-13(10-22)16(9-14(12)20)26-17-5-3-4-7-25-17/h11-14,16-17,22H,2-10H2,1H3/t12-,13-,14-,16-,17?/m1/s1. The second kappa shape index (κ2) is 11.1. The number of aliphatic hydroxyl groups excluding tert-OH is 1. The number of esters is 1. The summed E-state index contributed by atoms with van der Waals surface area (Å²) in [6.07, 6.45) is 4.50. The first-order valence-electron chi connectivity index (χ1n) is 9.89. The highest BCUT2D eigenvalue weighted by molar-refractivity contribution is 8.01. The minimum atomic E-state index is -0.382. The van der Waals surface area contributed by atoms with Crippen LogP contribution in [0.2, 0.25) is 0 Å². The molecule has 1 saturated carbocycles. The Morgan fingerprint density at radius 1 is 1.46 bits per heavy atom. The number of aromatic nitrogens is 1. The lowest BCUT2D eigenvalue weighted by Crippen LogP contribution is -2.33. The molecule has 2 fully saturated rings. The summed E-state index contributed by atoms with van der Waals surface area (Å²) in [5, 5.41) is 11.6. The third kappa shape index (κ3) is 5.83. The van der Waals surface area contributed by atoms with Crippen LogP contribution in [-0.2, 0) is 14.2 Å². The van der Waals surface area contributed by atoms with Crippen molar-refractivity contribution in [3.05, 3.63) is 11.1 Å². The van der Waals surface area contributed by atoms with Crippen molar-refractivity contribution >= 4 is 40.7 Å². The fourth-order valence-electron chi connectivity index (χ4n) is 3.84. The molecule has 0 spiro atoms. The van der Waals surface area contributed by atoms with Crippen LogP contribution >= 0.6 is 34.7 Å². The van der Waals surface area contributed by atoms with Crippen molar-refractivity contribution < 1.29 is 24.1 Å². The van der Waals surface area contributed by atoms with Crippen LogP contribution in [-0.4, -0.2) is 59.4 Å². The number of hydrogen-bond acceptors (Lipinski definition) is 8. The molecule has 0 radical (unpaired) electrons. The third-order valence-corrected chi connectivity index (χ3v) is 7.83. The Morgan fingerprint density at radius 2 is 2.32 bits per heavy atom. The minimum Gasteiger partial charge on any atom is -0.461 e. The Bertz CT molecular complexity index is 625. The molecular weight excluding hydrogens is 422 g/mol. The molecule has 1 aromatic rings. The first-order chi connectivity index (χ1) is 13.6. The second-order valence-corrected chi connectivity index (χ2v) is 9.85. The molecule has 2 heterocycles. The number of thioether (sulfide) groups is 1. The Labute approximate surface area is 179 Å². The highest BCUT2D eigenvalue weighted by atomic mass is 35.5. The van der Waals surface area contributed by atoms with E-state index < -0.39 is 0 Å². The average molecular weight is 450 g/mol. The molecule has 0 aromatic carbocycles. The number of nitrogens with zero attached hydrogens (tertiary/aromatic N) is 1. The van der Waals surface area contributed by atoms with E-state index in [1.54, 1.807) is 24.1 Å². The molecule has 0 amide bonds. The van der Waals surface area contributed by atoms with Crippen molar-refractivity contribution in [2.24, 2.45) is 11.8 Å². The van der Waals surface area contributed by atoms with Gasteiger partial charge in [0.25, 0.3) is 0 Å². The molecule has 1 aromatic heterocycles. The average Bonchev–Trinajstić information content (AvgIpc) is 3.28. The molecule has 28 heavy (non-hydrogen) atoms. The predicted molar refractivity (Wildman–Crippen MR) is 110 cm³/mol. The zero-order valence-electron chi connectivity index (χ0n) is 16.0. The maximum absolute atomic E-state index is 11.7. The number of halogens is 1. The summed E-state index contributed by atoms with van der Waals surface area (Å²) in [7, 11) is 0. The fourth-order valence-corrected chi connectivity index (χ4v) is 6.23. The van der Waals surface area contributed by atoms with Gasteiger partial charge in [0, 0.05) is 35.6 Å². The van der Waals surface area contributed by atoms with Gasteiger partial charge in [-0.2, -0.15) is 0 Å². The zero-order chi connectivity index (χ0) is 19.9. The molecule has 1 N–H and O–H groups in total. The van der Waals surface area contributed by atoms with Gasteiger partial charge in [-0.25, -0.2) is 9.78 Å². The van der Waals surface area contributed by atoms with Crippen LogP contribution in [0.3, 0.4) is 0 Å². The van der Waals surface area contributed by atoms with Crippen LogP contribution in [0.15, 0.2) is 9.72 Å². The summed E-state index contributed by atoms with van der Waals surface area (Å²) in [5.41, 5.74) is 0.361. The van der Waals surface area contributed by atoms with Crippen LogP contribution in [0.1, 0.15) is 49.5 Å². The van der Waals surface area contributed by atoms with E-state index >= 15 is 0 Å². The molecule has 3 rings (SSSR count). The van der Waals surface area contributed by atoms with Crippen molar-refractivity contribution in [3.63, 3.8) is 0 Å². The summed E-state index contributed by atoms with van der Waals surface area (Å²) in [6.45, 7) is 2.93. The van der Waals surface area contributed by atoms with Gasteiger partial charge in [-0.05, 0) is 44.9 Å². The van der Waals surface area contributed by atoms with Crippen molar-refractivity contribution in [2.45, 2.75) is 61.1 Å². The van der Waals surface area contributed by atoms with Crippen LogP contribution in [0.5, 0.6) is 0 Å². The van der Waals surface area contributed by atoms with E-state index in [-0.39, 0.29) is 42.2 Å². The number of thiazole rings is 1. The number of alkyl halides is 1. The fraction of sp³-hybridized carbons (Fsp3) is 0.789. The maximum Gasteiger partial charge on any atom is 0.357 e. The third-order valence-electron chi connectivity index (χ3n) is 5.27. The van der Waals surface area contributed by atoms with Crippen molar-refractivity contribution in [2.75, 3.05) is 25.6 Å². The van der Waals surface area contributed by atoms with Crippen LogP contribution in [0, 0.1) is 11.8 Å². The lowest BCUT2D eigenvalue weighted by molar-refractivity contribution is -0.197. The van der Waals surface area contributed by atoms with Crippen molar-refractivity contribution in [1.29, 1.82) is 0 Å². The molecule has 0 bridgehead atoms. The molecule has 158 valence electrons. The van der Waals surface area contributed by atoms with E-state index in [0.717, 1.165) is 48.8 Å². The molecule has 2 aliphatic rings. The smallest absolute Gasteiger partial charge is 0.357 e. The van der Waals surface area contributed by atoms with Crippen LogP contribution < -0.4 is 0 Å². The molecule has 1 saturated heterocycles. The van der Waals surface area contributed by atoms with E-state index in [9.17, 15) is 9.90 Å². The first kappa shape index (κ1) is 22.3. The van der Waals surface area contributed by atoms with E-state index in [4.69, 9.17) is 25.8 Å². The van der Waals surface area contributed by atoms with Gasteiger partial charge in [0.15, 0.2) is 16.3 Å². The first-order valence-corrected chi connectivity index (χ1v) is 12.2. The number of ether oxygens (including phenoxy) is 3. The van der Waals surface area contributed by atoms with Gasteiger partial charge >= 0.3 is 5.97 Å². The quantitative estimate of drug-likeness (QED) is 0.347. The topological polar surface area (TPSA) is 77.9 Å². The van der Waals surface area contributed by atoms with Crippen molar-refractivity contribution in [3.8, 4) is 0 Å². The number of aliphatic hydroxyl groups is 1. The highest BCUT2D eigenvalue weighted by Gasteiger charge is 2.43. The van der Waals surface area contributed by atoms with E-state index in [1.807, 2.05) is 0 Å². The summed E-state index contributed by atoms with van der Waals surface area (Å²) in [6, 6.07) is 0. The van der Waals surface area contributed by atoms with Crippen LogP contribution in [0.4, 0.5) is 0 Å². The van der Waals surface area contributed by atoms with E-state index in [0.29, 0.717) is 12.3 Å². The maximum atomic E-state index is 11.7. The lowest BCUT2D eigenvalue weighted by atomic mass is 9.93. The molecule has 5 atom stereocenters. The number of carbonyl (C=O) groups excluding carboxylic acids is 1. The number of hydrogen-bond donors (Lipinski definition) is 1. The Hall–Kier alpha value is -0.380. The summed E-state index contributed by atoms with van der Waals surface area (Å²) in [4.78, 5) is 16.0. The van der Waals surface area contributed by atoms with E-state index in [1.165, 1.54) is 11.3 Å². The van der Waals surface area contributed by atoms with Gasteiger partial charge in [-0.1, -0.05) is 11.8 Å². The van der Waals surface area contributed by atoms with Gasteiger partial charge < -0.3 is 19.3 Å². The van der Waals surface area contributed by atoms with Gasteiger partial charge in [0.05, 0.1) is 12.7 Å². The van der Waals surface area contributed by atoms with Gasteiger partial charge in [-0.3, -0.25) is 0 Å². The molecule has 1 aliphatic carbocycles. The monoisotopic (exact) mass is 449 g/mol. The zero-order valence-corrected chi connectivity index (χ0v) is 18.4. The van der Waals surface area contributed by atoms with Crippen LogP contribution in [0.25, 0.3) is 0 Å². The molecular formula is C19H28ClNO5S2. The van der Waals surface area contributed by atoms with Gasteiger partial charge in [-0.15, -0.1) is 22.9 Å². The molecule has 1 unspecified atom stereocenters. The summed E-state index contributed by atoms with van der Waals surface area (Å²) >= 11 is 9.66. The second-order valence-electron chi connectivity index (χ2n) is 7.09. The van der Waals surface area contributed by atoms with Gasteiger partial charge in [0.1, 0.15) is 0 Å². The molecule has 9 heteroatoms. The predicted octanol–water partition coefficient (Wildman–Crippen LogP) is 3.95.